The molecule has 2 aliphatic rings. The van der Waals surface area contributed by atoms with Crippen LogP contribution in [0.5, 0.6) is 0 Å². The molecule has 12 heavy (non-hydrogen) atoms. The van der Waals surface area contributed by atoms with E-state index in [0.29, 0.717) is 5.41 Å². The van der Waals surface area contributed by atoms with E-state index in [1.54, 1.807) is 5.57 Å². The largest absolute Gasteiger partial charge is 0.0845 e. The Hall–Kier alpha value is -0.260. The van der Waals surface area contributed by atoms with Gasteiger partial charge in [-0.15, -0.1) is 0 Å². The average Bonchev–Trinajstić information content (AvgIpc) is 2.77. The van der Waals surface area contributed by atoms with Crippen LogP contribution in [0.3, 0.4) is 0 Å². The maximum atomic E-state index is 2.53. The van der Waals surface area contributed by atoms with E-state index in [4.69, 9.17) is 0 Å². The monoisotopic (exact) mass is 164 g/mol. The highest BCUT2D eigenvalue weighted by molar-refractivity contribution is 5.17. The number of rotatable bonds is 1. The molecule has 0 nitrogen and oxygen atoms in total. The fourth-order valence-corrected chi connectivity index (χ4v) is 2.10. The molecule has 1 fully saturated rings. The van der Waals surface area contributed by atoms with Crippen LogP contribution in [0, 0.1) is 17.3 Å². The zero-order valence-corrected chi connectivity index (χ0v) is 8.56. The van der Waals surface area contributed by atoms with Gasteiger partial charge < -0.3 is 0 Å². The van der Waals surface area contributed by atoms with Crippen LogP contribution < -0.4 is 0 Å². The molecule has 0 amide bonds. The lowest BCUT2D eigenvalue weighted by Crippen LogP contribution is -2.25. The van der Waals surface area contributed by atoms with Crippen LogP contribution in [0.4, 0.5) is 0 Å². The van der Waals surface area contributed by atoms with Crippen molar-refractivity contribution < 1.29 is 0 Å². The molecule has 0 spiro atoms. The first kappa shape index (κ1) is 8.34. The lowest BCUT2D eigenvalue weighted by Gasteiger charge is -2.36. The summed E-state index contributed by atoms with van der Waals surface area (Å²) in [6.07, 6.45) is 8.15. The van der Waals surface area contributed by atoms with E-state index < -0.39 is 0 Å². The second-order valence-corrected chi connectivity index (χ2v) is 5.35. The number of hydrogen-bond donors (Lipinski definition) is 0. The third-order valence-corrected chi connectivity index (χ3v) is 3.87. The SMILES string of the molecule is CC1CC(C2CC2)=CCC1(C)C. The summed E-state index contributed by atoms with van der Waals surface area (Å²) in [7, 11) is 0. The van der Waals surface area contributed by atoms with Crippen LogP contribution >= 0.6 is 0 Å². The van der Waals surface area contributed by atoms with E-state index in [1.807, 2.05) is 0 Å². The van der Waals surface area contributed by atoms with Crippen LogP contribution in [0.15, 0.2) is 11.6 Å². The Bertz CT molecular complexity index is 206. The molecule has 0 heteroatoms. The third kappa shape index (κ3) is 1.44. The Balaban J connectivity index is 2.08. The van der Waals surface area contributed by atoms with E-state index in [1.165, 1.54) is 25.7 Å². The first-order valence-corrected chi connectivity index (χ1v) is 5.28. The number of allylic oxidation sites excluding steroid dienone is 2. The Morgan fingerprint density at radius 3 is 2.50 bits per heavy atom. The fourth-order valence-electron chi connectivity index (χ4n) is 2.10. The Labute approximate surface area is 76.1 Å². The molecule has 2 aliphatic carbocycles. The van der Waals surface area contributed by atoms with Crippen molar-refractivity contribution in [1.82, 2.24) is 0 Å². The van der Waals surface area contributed by atoms with Gasteiger partial charge in [-0.05, 0) is 42.9 Å². The highest BCUT2D eigenvalue weighted by atomic mass is 14.4. The minimum absolute atomic E-state index is 0.554. The maximum Gasteiger partial charge on any atom is -0.0203 e. The van der Waals surface area contributed by atoms with Gasteiger partial charge in [0.25, 0.3) is 0 Å². The molecule has 0 aromatic carbocycles. The Morgan fingerprint density at radius 2 is 2.00 bits per heavy atom. The minimum Gasteiger partial charge on any atom is -0.0845 e. The zero-order chi connectivity index (χ0) is 8.77. The summed E-state index contributed by atoms with van der Waals surface area (Å²) in [6, 6.07) is 0. The normalized spacial score (nSPS) is 34.6. The molecule has 68 valence electrons. The molecular weight excluding hydrogens is 144 g/mol. The predicted molar refractivity (Wildman–Crippen MR) is 53.0 cm³/mol. The fraction of sp³-hybridized carbons (Fsp3) is 0.833. The molecule has 0 aromatic heterocycles. The molecule has 0 N–H and O–H groups in total. The van der Waals surface area contributed by atoms with Crippen molar-refractivity contribution in [2.75, 3.05) is 0 Å². The van der Waals surface area contributed by atoms with Gasteiger partial charge in [0.1, 0.15) is 0 Å². The van der Waals surface area contributed by atoms with Crippen molar-refractivity contribution in [3.63, 3.8) is 0 Å². The summed E-state index contributed by atoms with van der Waals surface area (Å²) in [5.74, 6) is 1.89. The second-order valence-electron chi connectivity index (χ2n) is 5.35. The molecule has 0 bridgehead atoms. The van der Waals surface area contributed by atoms with E-state index in [-0.39, 0.29) is 0 Å². The van der Waals surface area contributed by atoms with Gasteiger partial charge in [0.05, 0.1) is 0 Å². The quantitative estimate of drug-likeness (QED) is 0.517. The lowest BCUT2D eigenvalue weighted by molar-refractivity contribution is 0.216. The van der Waals surface area contributed by atoms with Crippen LogP contribution in [0.25, 0.3) is 0 Å². The Morgan fingerprint density at radius 1 is 1.33 bits per heavy atom. The van der Waals surface area contributed by atoms with Crippen LogP contribution in [-0.4, -0.2) is 0 Å². The molecule has 1 unspecified atom stereocenters. The van der Waals surface area contributed by atoms with Crippen LogP contribution in [-0.2, 0) is 0 Å². The summed E-state index contributed by atoms with van der Waals surface area (Å²) in [6.45, 7) is 7.21. The van der Waals surface area contributed by atoms with Crippen molar-refractivity contribution in [1.29, 1.82) is 0 Å². The molecule has 0 saturated heterocycles. The first-order valence-electron chi connectivity index (χ1n) is 5.28. The van der Waals surface area contributed by atoms with Gasteiger partial charge in [0.15, 0.2) is 0 Å². The first-order chi connectivity index (χ1) is 5.59. The summed E-state index contributed by atoms with van der Waals surface area (Å²) in [5.41, 5.74) is 2.33. The average molecular weight is 164 g/mol. The predicted octanol–water partition coefficient (Wildman–Crippen LogP) is 3.78. The van der Waals surface area contributed by atoms with Crippen molar-refractivity contribution in [3.05, 3.63) is 11.6 Å². The standard InChI is InChI=1S/C12H20/c1-9-8-11(10-4-5-10)6-7-12(9,2)3/h6,9-10H,4-5,7-8H2,1-3H3. The number of hydrogen-bond acceptors (Lipinski definition) is 0. The van der Waals surface area contributed by atoms with E-state index in [9.17, 15) is 0 Å². The lowest BCUT2D eigenvalue weighted by atomic mass is 9.70. The van der Waals surface area contributed by atoms with Gasteiger partial charge in [0, 0.05) is 0 Å². The van der Waals surface area contributed by atoms with Gasteiger partial charge in [-0.3, -0.25) is 0 Å². The molecule has 0 heterocycles. The molecular formula is C12H20. The Kier molecular flexibility index (Phi) is 1.82. The van der Waals surface area contributed by atoms with Gasteiger partial charge in [-0.1, -0.05) is 32.4 Å². The molecule has 1 saturated carbocycles. The molecule has 1 atom stereocenters. The summed E-state index contributed by atoms with van der Waals surface area (Å²) in [4.78, 5) is 0. The summed E-state index contributed by atoms with van der Waals surface area (Å²) < 4.78 is 0. The van der Waals surface area contributed by atoms with Gasteiger partial charge in [-0.2, -0.15) is 0 Å². The summed E-state index contributed by atoms with van der Waals surface area (Å²) >= 11 is 0. The highest BCUT2D eigenvalue weighted by Crippen LogP contribution is 2.47. The van der Waals surface area contributed by atoms with E-state index in [2.05, 4.69) is 26.8 Å². The third-order valence-electron chi connectivity index (χ3n) is 3.87. The molecule has 0 radical (unpaired) electrons. The second kappa shape index (κ2) is 2.61. The van der Waals surface area contributed by atoms with Gasteiger partial charge in [-0.25, -0.2) is 0 Å². The molecule has 2 rings (SSSR count). The summed E-state index contributed by atoms with van der Waals surface area (Å²) in [5, 5.41) is 0. The van der Waals surface area contributed by atoms with Gasteiger partial charge >= 0.3 is 0 Å². The van der Waals surface area contributed by atoms with Gasteiger partial charge in [0.2, 0.25) is 0 Å². The van der Waals surface area contributed by atoms with Crippen molar-refractivity contribution in [3.8, 4) is 0 Å². The van der Waals surface area contributed by atoms with Crippen molar-refractivity contribution in [2.45, 2.75) is 46.5 Å². The molecule has 0 aliphatic heterocycles. The van der Waals surface area contributed by atoms with Crippen molar-refractivity contribution in [2.24, 2.45) is 17.3 Å². The van der Waals surface area contributed by atoms with E-state index in [0.717, 1.165) is 11.8 Å². The minimum atomic E-state index is 0.554. The van der Waals surface area contributed by atoms with Crippen LogP contribution in [0.1, 0.15) is 46.5 Å². The van der Waals surface area contributed by atoms with Crippen LogP contribution in [0.2, 0.25) is 0 Å². The maximum absolute atomic E-state index is 2.53. The topological polar surface area (TPSA) is 0 Å². The zero-order valence-electron chi connectivity index (χ0n) is 8.56. The van der Waals surface area contributed by atoms with E-state index >= 15 is 0 Å². The van der Waals surface area contributed by atoms with Crippen molar-refractivity contribution >= 4 is 0 Å². The molecule has 0 aromatic rings. The highest BCUT2D eigenvalue weighted by Gasteiger charge is 2.34. The smallest absolute Gasteiger partial charge is 0.0203 e.